The van der Waals surface area contributed by atoms with Crippen LogP contribution in [0.5, 0.6) is 0 Å². The van der Waals surface area contributed by atoms with Crippen molar-refractivity contribution in [2.75, 3.05) is 0 Å². The molecule has 182 valence electrons. The van der Waals surface area contributed by atoms with Gasteiger partial charge in [-0.1, -0.05) is 41.9 Å². The van der Waals surface area contributed by atoms with E-state index in [-0.39, 0.29) is 6.61 Å². The van der Waals surface area contributed by atoms with Gasteiger partial charge >= 0.3 is 5.97 Å². The van der Waals surface area contributed by atoms with Gasteiger partial charge in [-0.25, -0.2) is 9.79 Å². The average Bonchev–Trinajstić information content (AvgIpc) is 3.51. The number of fused-ring (bicyclic) bond motifs is 1. The predicted molar refractivity (Wildman–Crippen MR) is 141 cm³/mol. The van der Waals surface area contributed by atoms with Crippen LogP contribution in [0.2, 0.25) is 5.02 Å². The second kappa shape index (κ2) is 10.5. The van der Waals surface area contributed by atoms with Crippen LogP contribution in [0, 0.1) is 0 Å². The van der Waals surface area contributed by atoms with Crippen molar-refractivity contribution in [3.63, 3.8) is 0 Å². The number of thiophene rings is 1. The molecule has 2 heterocycles. The number of nitrogens with zero attached hydrogens (tertiary/aromatic N) is 1. The largest absolute Gasteiger partial charge is 0.457 e. The fourth-order valence-electron chi connectivity index (χ4n) is 4.21. The van der Waals surface area contributed by atoms with Gasteiger partial charge in [0.25, 0.3) is 5.91 Å². The molecule has 8 heteroatoms. The minimum absolute atomic E-state index is 0.103. The maximum Gasteiger partial charge on any atom is 0.338 e. The first-order valence-corrected chi connectivity index (χ1v) is 12.8. The lowest BCUT2D eigenvalue weighted by atomic mass is 9.95. The van der Waals surface area contributed by atoms with Crippen molar-refractivity contribution in [2.24, 2.45) is 10.7 Å². The summed E-state index contributed by atoms with van der Waals surface area (Å²) in [7, 11) is 0. The summed E-state index contributed by atoms with van der Waals surface area (Å²) >= 11 is 7.64. The molecule has 0 spiro atoms. The van der Waals surface area contributed by atoms with Gasteiger partial charge in [0.05, 0.1) is 17.3 Å². The molecular weight excluding hydrogens is 496 g/mol. The quantitative estimate of drug-likeness (QED) is 0.216. The summed E-state index contributed by atoms with van der Waals surface area (Å²) in [6.07, 6.45) is 5.62. The number of ether oxygens (including phenoxy) is 1. The summed E-state index contributed by atoms with van der Waals surface area (Å²) in [6.45, 7) is 0.103. The molecule has 36 heavy (non-hydrogen) atoms. The zero-order chi connectivity index (χ0) is 25.1. The second-order valence-corrected chi connectivity index (χ2v) is 9.95. The maximum absolute atomic E-state index is 12.4. The van der Waals surface area contributed by atoms with Gasteiger partial charge in [-0.3, -0.25) is 4.79 Å². The molecule has 0 fully saturated rings. The Morgan fingerprint density at radius 2 is 1.83 bits per heavy atom. The monoisotopic (exact) mass is 518 g/mol. The molecule has 0 radical (unpaired) electrons. The first kappa shape index (κ1) is 24.0. The molecule has 1 aliphatic rings. The van der Waals surface area contributed by atoms with Crippen molar-refractivity contribution in [1.29, 1.82) is 0 Å². The summed E-state index contributed by atoms with van der Waals surface area (Å²) < 4.78 is 11.3. The average molecular weight is 519 g/mol. The Morgan fingerprint density at radius 1 is 1.06 bits per heavy atom. The van der Waals surface area contributed by atoms with Gasteiger partial charge in [0, 0.05) is 21.0 Å². The van der Waals surface area contributed by atoms with E-state index in [1.54, 1.807) is 36.5 Å². The van der Waals surface area contributed by atoms with Gasteiger partial charge < -0.3 is 14.9 Å². The molecular formula is C28H23ClN2O4S. The number of halogens is 1. The topological polar surface area (TPSA) is 94.9 Å². The molecule has 5 rings (SSSR count). The van der Waals surface area contributed by atoms with Gasteiger partial charge in [0.2, 0.25) is 0 Å². The fourth-order valence-corrected chi connectivity index (χ4v) is 5.64. The number of aliphatic imine (C=N–C) groups is 1. The first-order valence-electron chi connectivity index (χ1n) is 11.6. The molecule has 0 saturated carbocycles. The van der Waals surface area contributed by atoms with E-state index in [1.807, 2.05) is 30.3 Å². The molecule has 1 amide bonds. The zero-order valence-corrected chi connectivity index (χ0v) is 20.9. The number of hydrogen-bond donors (Lipinski definition) is 1. The van der Waals surface area contributed by atoms with Crippen LogP contribution in [-0.4, -0.2) is 18.1 Å². The van der Waals surface area contributed by atoms with Crippen LogP contribution in [0.25, 0.3) is 11.3 Å². The van der Waals surface area contributed by atoms with E-state index in [1.165, 1.54) is 16.2 Å². The van der Waals surface area contributed by atoms with Crippen LogP contribution < -0.4 is 5.73 Å². The molecule has 2 aromatic carbocycles. The number of amides is 1. The second-order valence-electron chi connectivity index (χ2n) is 8.46. The van der Waals surface area contributed by atoms with Gasteiger partial charge in [-0.05, 0) is 61.6 Å². The molecule has 0 atom stereocenters. The third kappa shape index (κ3) is 5.12. The molecule has 0 unspecified atom stereocenters. The van der Waals surface area contributed by atoms with Crippen molar-refractivity contribution in [1.82, 2.24) is 0 Å². The molecule has 0 aliphatic heterocycles. The lowest BCUT2D eigenvalue weighted by Crippen LogP contribution is -2.14. The summed E-state index contributed by atoms with van der Waals surface area (Å²) in [5.41, 5.74) is 9.23. The number of benzene rings is 2. The molecule has 6 nitrogen and oxygen atoms in total. The minimum Gasteiger partial charge on any atom is -0.457 e. The van der Waals surface area contributed by atoms with Crippen LogP contribution in [0.3, 0.4) is 0 Å². The van der Waals surface area contributed by atoms with Gasteiger partial charge in [-0.2, -0.15) is 0 Å². The Morgan fingerprint density at radius 3 is 2.61 bits per heavy atom. The summed E-state index contributed by atoms with van der Waals surface area (Å²) in [5.74, 6) is 0.313. The van der Waals surface area contributed by atoms with E-state index < -0.39 is 11.9 Å². The normalized spacial score (nSPS) is 13.0. The Bertz CT molecular complexity index is 1450. The lowest BCUT2D eigenvalue weighted by molar-refractivity contribution is 0.0472. The summed E-state index contributed by atoms with van der Waals surface area (Å²) in [5, 5.41) is 1.19. The number of esters is 1. The maximum atomic E-state index is 12.4. The van der Waals surface area contributed by atoms with Gasteiger partial charge in [0.15, 0.2) is 0 Å². The van der Waals surface area contributed by atoms with Crippen molar-refractivity contribution in [3.8, 4) is 11.3 Å². The molecule has 4 aromatic rings. The van der Waals surface area contributed by atoms with E-state index in [2.05, 4.69) is 4.99 Å². The van der Waals surface area contributed by atoms with Gasteiger partial charge in [0.1, 0.15) is 23.1 Å². The van der Waals surface area contributed by atoms with Crippen molar-refractivity contribution in [3.05, 3.63) is 98.6 Å². The highest BCUT2D eigenvalue weighted by Gasteiger charge is 2.23. The molecule has 0 saturated heterocycles. The Kier molecular flexibility index (Phi) is 7.02. The lowest BCUT2D eigenvalue weighted by Gasteiger charge is -2.10. The number of carbonyl (C=O) groups is 2. The standard InChI is InChI=1S/C28H23ClN2O4S/c29-22-7-3-1-5-19(22)16-34-28(33)18-11-9-17(10-12-18)23-14-13-20(35-23)15-31-27-25(26(30)32)21-6-2-4-8-24(21)36-27/h1,3,5,7,9-15H,2,4,6,8,16H2,(H2,30,32). The van der Waals surface area contributed by atoms with Crippen LogP contribution in [0.1, 0.15) is 55.3 Å². The van der Waals surface area contributed by atoms with E-state index in [4.69, 9.17) is 26.5 Å². The highest BCUT2D eigenvalue weighted by Crippen LogP contribution is 2.39. The fraction of sp³-hybridized carbons (Fsp3) is 0.179. The third-order valence-corrected chi connectivity index (χ3v) is 7.63. The van der Waals surface area contributed by atoms with Crippen molar-refractivity contribution < 1.29 is 18.7 Å². The number of carbonyl (C=O) groups excluding carboxylic acids is 2. The molecule has 0 bridgehead atoms. The Labute approximate surface area is 217 Å². The van der Waals surface area contributed by atoms with Crippen LogP contribution in [0.4, 0.5) is 5.00 Å². The number of furan rings is 1. The number of hydrogen-bond acceptors (Lipinski definition) is 6. The number of nitrogens with two attached hydrogens (primary N) is 1. The van der Waals surface area contributed by atoms with Crippen LogP contribution >= 0.6 is 22.9 Å². The Hall–Kier alpha value is -3.68. The van der Waals surface area contributed by atoms with E-state index in [0.717, 1.165) is 42.4 Å². The molecule has 2 N–H and O–H groups in total. The zero-order valence-electron chi connectivity index (χ0n) is 19.3. The number of primary amides is 1. The number of rotatable bonds is 7. The van der Waals surface area contributed by atoms with E-state index in [0.29, 0.717) is 32.7 Å². The van der Waals surface area contributed by atoms with Crippen LogP contribution in [0.15, 0.2) is 70.1 Å². The minimum atomic E-state index is -0.438. The SMILES string of the molecule is NC(=O)c1c(N=Cc2ccc(-c3ccc(C(=O)OCc4ccccc4Cl)cc3)o2)sc2c1CCCC2. The summed E-state index contributed by atoms with van der Waals surface area (Å²) in [4.78, 5) is 30.2. The smallest absolute Gasteiger partial charge is 0.338 e. The number of aryl methyl sites for hydroxylation is 1. The summed E-state index contributed by atoms with van der Waals surface area (Å²) in [6, 6.07) is 17.9. The molecule has 1 aliphatic carbocycles. The van der Waals surface area contributed by atoms with Crippen molar-refractivity contribution >= 4 is 46.0 Å². The van der Waals surface area contributed by atoms with E-state index >= 15 is 0 Å². The van der Waals surface area contributed by atoms with E-state index in [9.17, 15) is 9.59 Å². The first-order chi connectivity index (χ1) is 17.5. The highest BCUT2D eigenvalue weighted by molar-refractivity contribution is 7.16. The third-order valence-electron chi connectivity index (χ3n) is 6.06. The molecule has 2 aromatic heterocycles. The Balaban J connectivity index is 1.26. The van der Waals surface area contributed by atoms with Crippen LogP contribution in [-0.2, 0) is 24.2 Å². The van der Waals surface area contributed by atoms with Gasteiger partial charge in [-0.15, -0.1) is 11.3 Å². The highest BCUT2D eigenvalue weighted by atomic mass is 35.5. The predicted octanol–water partition coefficient (Wildman–Crippen LogP) is 6.75. The van der Waals surface area contributed by atoms with Crippen molar-refractivity contribution in [2.45, 2.75) is 32.3 Å².